The minimum Gasteiger partial charge on any atom is -0.471 e. The number of carbonyl (C=O) groups excluding carboxylic acids is 1. The molecule has 1 aliphatic rings. The van der Waals surface area contributed by atoms with Crippen LogP contribution in [0.4, 0.5) is 5.69 Å². The standard InChI is InChI=1S/C18H16ClN5O2/c1-11-10-23(15-7-4-8-20-17(15)26-11)18(25)16-12(2)21-24(22-16)14-6-3-5-13(19)9-14/h3-9,11H,10H2,1-2H3/t11-/m0/s1. The van der Waals surface area contributed by atoms with Gasteiger partial charge in [0.1, 0.15) is 11.8 Å². The molecule has 0 radical (unpaired) electrons. The molecule has 0 N–H and O–H groups in total. The normalized spacial score (nSPS) is 16.1. The van der Waals surface area contributed by atoms with Crippen molar-refractivity contribution in [3.05, 3.63) is 59.0 Å². The number of hydrogen-bond acceptors (Lipinski definition) is 5. The summed E-state index contributed by atoms with van der Waals surface area (Å²) in [6.07, 6.45) is 1.48. The van der Waals surface area contributed by atoms with Crippen LogP contribution in [0.25, 0.3) is 5.69 Å². The average Bonchev–Trinajstić information content (AvgIpc) is 3.02. The highest BCUT2D eigenvalue weighted by Crippen LogP contribution is 2.32. The number of pyridine rings is 1. The van der Waals surface area contributed by atoms with Crippen LogP contribution in [0.3, 0.4) is 0 Å². The van der Waals surface area contributed by atoms with Crippen molar-refractivity contribution >= 4 is 23.2 Å². The molecule has 7 nitrogen and oxygen atoms in total. The highest BCUT2D eigenvalue weighted by Gasteiger charge is 2.31. The summed E-state index contributed by atoms with van der Waals surface area (Å²) >= 11 is 6.03. The number of ether oxygens (including phenoxy) is 1. The Balaban J connectivity index is 1.72. The van der Waals surface area contributed by atoms with Gasteiger partial charge in [-0.25, -0.2) is 4.98 Å². The lowest BCUT2D eigenvalue weighted by Crippen LogP contribution is -2.43. The van der Waals surface area contributed by atoms with Gasteiger partial charge in [0.25, 0.3) is 5.91 Å². The molecule has 0 spiro atoms. The first-order valence-electron chi connectivity index (χ1n) is 8.16. The summed E-state index contributed by atoms with van der Waals surface area (Å²) in [6.45, 7) is 4.07. The van der Waals surface area contributed by atoms with E-state index in [1.54, 1.807) is 36.2 Å². The zero-order valence-electron chi connectivity index (χ0n) is 14.3. The predicted octanol–water partition coefficient (Wildman–Crippen LogP) is 3.05. The monoisotopic (exact) mass is 369 g/mol. The van der Waals surface area contributed by atoms with Crippen molar-refractivity contribution in [2.24, 2.45) is 0 Å². The number of benzene rings is 1. The first-order chi connectivity index (χ1) is 12.5. The van der Waals surface area contributed by atoms with E-state index in [2.05, 4.69) is 15.2 Å². The molecule has 0 bridgehead atoms. The van der Waals surface area contributed by atoms with Gasteiger partial charge in [-0.1, -0.05) is 17.7 Å². The van der Waals surface area contributed by atoms with E-state index in [0.29, 0.717) is 34.5 Å². The summed E-state index contributed by atoms with van der Waals surface area (Å²) < 4.78 is 5.71. The maximum atomic E-state index is 13.1. The molecule has 0 saturated carbocycles. The number of fused-ring (bicyclic) bond motifs is 1. The largest absolute Gasteiger partial charge is 0.471 e. The fraction of sp³-hybridized carbons (Fsp3) is 0.222. The number of hydrogen-bond donors (Lipinski definition) is 0. The summed E-state index contributed by atoms with van der Waals surface area (Å²) in [7, 11) is 0. The third kappa shape index (κ3) is 2.90. The van der Waals surface area contributed by atoms with Crippen molar-refractivity contribution in [1.82, 2.24) is 20.0 Å². The lowest BCUT2D eigenvalue weighted by Gasteiger charge is -2.31. The molecule has 132 valence electrons. The molecule has 1 aromatic carbocycles. The van der Waals surface area contributed by atoms with Crippen molar-refractivity contribution in [3.8, 4) is 11.6 Å². The number of halogens is 1. The van der Waals surface area contributed by atoms with E-state index < -0.39 is 0 Å². The first kappa shape index (κ1) is 16.5. The van der Waals surface area contributed by atoms with Crippen LogP contribution in [-0.2, 0) is 0 Å². The highest BCUT2D eigenvalue weighted by atomic mass is 35.5. The molecule has 0 unspecified atom stereocenters. The second-order valence-corrected chi connectivity index (χ2v) is 6.51. The maximum Gasteiger partial charge on any atom is 0.281 e. The molecular formula is C18H16ClN5O2. The van der Waals surface area contributed by atoms with Gasteiger partial charge in [-0.3, -0.25) is 9.69 Å². The number of amides is 1. The summed E-state index contributed by atoms with van der Waals surface area (Å²) in [6, 6.07) is 10.7. The van der Waals surface area contributed by atoms with Crippen LogP contribution in [0.1, 0.15) is 23.1 Å². The zero-order valence-corrected chi connectivity index (χ0v) is 15.0. The second-order valence-electron chi connectivity index (χ2n) is 6.08. The van der Waals surface area contributed by atoms with Gasteiger partial charge in [0.15, 0.2) is 5.69 Å². The van der Waals surface area contributed by atoms with Crippen LogP contribution in [0.2, 0.25) is 5.02 Å². The number of nitrogens with zero attached hydrogens (tertiary/aromatic N) is 5. The van der Waals surface area contributed by atoms with E-state index in [-0.39, 0.29) is 17.7 Å². The van der Waals surface area contributed by atoms with Gasteiger partial charge in [-0.15, -0.1) is 5.10 Å². The van der Waals surface area contributed by atoms with Crippen molar-refractivity contribution in [3.63, 3.8) is 0 Å². The van der Waals surface area contributed by atoms with E-state index in [9.17, 15) is 4.79 Å². The summed E-state index contributed by atoms with van der Waals surface area (Å²) in [5, 5.41) is 9.33. The molecule has 3 heterocycles. The van der Waals surface area contributed by atoms with Crippen LogP contribution in [0.5, 0.6) is 5.88 Å². The van der Waals surface area contributed by atoms with Crippen molar-refractivity contribution < 1.29 is 9.53 Å². The molecule has 1 amide bonds. The van der Waals surface area contributed by atoms with Crippen LogP contribution in [-0.4, -0.2) is 38.5 Å². The number of rotatable bonds is 2. The van der Waals surface area contributed by atoms with Gasteiger partial charge in [-0.2, -0.15) is 9.90 Å². The Labute approximate surface area is 155 Å². The minimum absolute atomic E-state index is 0.162. The Bertz CT molecular complexity index is 987. The quantitative estimate of drug-likeness (QED) is 0.694. The smallest absolute Gasteiger partial charge is 0.281 e. The zero-order chi connectivity index (χ0) is 18.3. The van der Waals surface area contributed by atoms with Gasteiger partial charge >= 0.3 is 0 Å². The third-order valence-corrected chi connectivity index (χ3v) is 4.30. The number of aryl methyl sites for hydroxylation is 1. The Morgan fingerprint density at radius 1 is 1.27 bits per heavy atom. The Morgan fingerprint density at radius 3 is 2.92 bits per heavy atom. The molecule has 0 fully saturated rings. The number of carbonyl (C=O) groups is 1. The van der Waals surface area contributed by atoms with E-state index in [1.165, 1.54) is 4.80 Å². The van der Waals surface area contributed by atoms with E-state index >= 15 is 0 Å². The number of anilines is 1. The molecule has 2 aromatic heterocycles. The van der Waals surface area contributed by atoms with E-state index in [1.807, 2.05) is 25.1 Å². The molecule has 0 aliphatic carbocycles. The fourth-order valence-corrected chi connectivity index (χ4v) is 3.06. The Kier molecular flexibility index (Phi) is 4.08. The lowest BCUT2D eigenvalue weighted by atomic mass is 10.2. The summed E-state index contributed by atoms with van der Waals surface area (Å²) in [4.78, 5) is 20.4. The molecule has 1 aliphatic heterocycles. The Hall–Kier alpha value is -2.93. The molecule has 0 saturated heterocycles. The fourth-order valence-electron chi connectivity index (χ4n) is 2.87. The Morgan fingerprint density at radius 2 is 2.12 bits per heavy atom. The lowest BCUT2D eigenvalue weighted by molar-refractivity contribution is 0.0953. The first-order valence-corrected chi connectivity index (χ1v) is 8.54. The van der Waals surface area contributed by atoms with Crippen LogP contribution >= 0.6 is 11.6 Å². The molecule has 26 heavy (non-hydrogen) atoms. The summed E-state index contributed by atoms with van der Waals surface area (Å²) in [5.74, 6) is 0.208. The molecule has 4 rings (SSSR count). The maximum absolute atomic E-state index is 13.1. The SMILES string of the molecule is Cc1nn(-c2cccc(Cl)c2)nc1C(=O)N1C[C@H](C)Oc2ncccc21. The van der Waals surface area contributed by atoms with Gasteiger partial charge < -0.3 is 4.74 Å². The topological polar surface area (TPSA) is 73.1 Å². The predicted molar refractivity (Wildman–Crippen MR) is 97.1 cm³/mol. The van der Waals surface area contributed by atoms with Crippen LogP contribution < -0.4 is 9.64 Å². The van der Waals surface area contributed by atoms with Gasteiger partial charge in [0, 0.05) is 11.2 Å². The molecule has 3 aromatic rings. The second kappa shape index (κ2) is 6.42. The number of aromatic nitrogens is 4. The highest BCUT2D eigenvalue weighted by molar-refractivity contribution is 6.30. The van der Waals surface area contributed by atoms with Crippen LogP contribution in [0, 0.1) is 6.92 Å². The molecule has 8 heteroatoms. The summed E-state index contributed by atoms with van der Waals surface area (Å²) in [5.41, 5.74) is 2.15. The van der Waals surface area contributed by atoms with Crippen molar-refractivity contribution in [2.45, 2.75) is 20.0 Å². The van der Waals surface area contributed by atoms with Gasteiger partial charge in [-0.05, 0) is 44.2 Å². The molecule has 1 atom stereocenters. The van der Waals surface area contributed by atoms with Crippen molar-refractivity contribution in [2.75, 3.05) is 11.4 Å². The van der Waals surface area contributed by atoms with E-state index in [4.69, 9.17) is 16.3 Å². The van der Waals surface area contributed by atoms with E-state index in [0.717, 1.165) is 0 Å². The third-order valence-electron chi connectivity index (χ3n) is 4.06. The molecular weight excluding hydrogens is 354 g/mol. The van der Waals surface area contributed by atoms with Crippen LogP contribution in [0.15, 0.2) is 42.6 Å². The van der Waals surface area contributed by atoms with Gasteiger partial charge in [0.2, 0.25) is 5.88 Å². The average molecular weight is 370 g/mol. The minimum atomic E-state index is -0.236. The van der Waals surface area contributed by atoms with Gasteiger partial charge in [0.05, 0.1) is 17.9 Å². The van der Waals surface area contributed by atoms with Crippen molar-refractivity contribution in [1.29, 1.82) is 0 Å².